The maximum atomic E-state index is 12.2. The van der Waals surface area contributed by atoms with Crippen molar-refractivity contribution >= 4 is 45.8 Å². The van der Waals surface area contributed by atoms with Gasteiger partial charge in [0.05, 0.1) is 11.5 Å². The second kappa shape index (κ2) is 9.52. The smallest absolute Gasteiger partial charge is 0.264 e. The van der Waals surface area contributed by atoms with Crippen LogP contribution in [0.25, 0.3) is 10.8 Å². The largest absolute Gasteiger partial charge is 0.334 e. The fourth-order valence-electron chi connectivity index (χ4n) is 3.03. The molecular weight excluding hydrogens is 422 g/mol. The molecule has 4 rings (SSSR count). The average molecular weight is 446 g/mol. The summed E-state index contributed by atoms with van der Waals surface area (Å²) in [6, 6.07) is 21.9. The third kappa shape index (κ3) is 5.06. The van der Waals surface area contributed by atoms with E-state index in [1.54, 1.807) is 0 Å². The number of carbonyl (C=O) groups excluding carboxylic acids is 1. The van der Waals surface area contributed by atoms with Crippen LogP contribution in [0.5, 0.6) is 0 Å². The monoisotopic (exact) mass is 445 g/mol. The molecule has 3 aromatic carbocycles. The lowest BCUT2D eigenvalue weighted by Crippen LogP contribution is -2.17. The Bertz CT molecular complexity index is 1280. The van der Waals surface area contributed by atoms with Gasteiger partial charge in [0, 0.05) is 5.69 Å². The molecule has 9 heteroatoms. The molecule has 32 heavy (non-hydrogen) atoms. The maximum absolute atomic E-state index is 12.2. The number of hydrogen-bond acceptors (Lipinski definition) is 7. The normalized spacial score (nSPS) is 11.5. The highest BCUT2D eigenvalue weighted by Gasteiger charge is 2.12. The number of amides is 1. The van der Waals surface area contributed by atoms with Gasteiger partial charge >= 0.3 is 0 Å². The molecule has 8 nitrogen and oxygen atoms in total. The summed E-state index contributed by atoms with van der Waals surface area (Å²) >= 11 is 1.19. The van der Waals surface area contributed by atoms with Gasteiger partial charge in [0.2, 0.25) is 11.1 Å². The zero-order valence-electron chi connectivity index (χ0n) is 17.7. The van der Waals surface area contributed by atoms with Crippen molar-refractivity contribution in [2.24, 2.45) is 5.10 Å². The number of hydrazone groups is 1. The van der Waals surface area contributed by atoms with Crippen molar-refractivity contribution in [2.45, 2.75) is 19.0 Å². The van der Waals surface area contributed by atoms with Crippen molar-refractivity contribution in [1.29, 1.82) is 0 Å². The summed E-state index contributed by atoms with van der Waals surface area (Å²) in [4.78, 5) is 12.2. The standard InChI is InChI=1S/C23H23N7OS/c1-15-7-11-20(12-8-15)25-21(31)14-32-23-29-28-22(30(23)24)27-26-16(2)18-10-9-17-5-3-4-6-19(17)13-18/h3-13H,14,24H2,1-2H3,(H,25,31)(H,27,28)/b26-16+. The van der Waals surface area contributed by atoms with Crippen LogP contribution >= 0.6 is 11.8 Å². The number of nitrogen functional groups attached to an aromatic ring is 1. The van der Waals surface area contributed by atoms with E-state index < -0.39 is 0 Å². The molecule has 162 valence electrons. The highest BCUT2D eigenvalue weighted by atomic mass is 32.2. The van der Waals surface area contributed by atoms with Gasteiger partial charge in [0.25, 0.3) is 5.95 Å². The van der Waals surface area contributed by atoms with Crippen LogP contribution in [0.2, 0.25) is 0 Å². The lowest BCUT2D eigenvalue weighted by atomic mass is 10.0. The van der Waals surface area contributed by atoms with E-state index in [9.17, 15) is 4.79 Å². The van der Waals surface area contributed by atoms with Crippen LogP contribution in [-0.2, 0) is 4.79 Å². The molecule has 0 radical (unpaired) electrons. The second-order valence-electron chi connectivity index (χ2n) is 7.25. The summed E-state index contributed by atoms with van der Waals surface area (Å²) in [5, 5.41) is 18.0. The van der Waals surface area contributed by atoms with E-state index in [0.29, 0.717) is 5.16 Å². The minimum atomic E-state index is -0.151. The van der Waals surface area contributed by atoms with Gasteiger partial charge in [-0.1, -0.05) is 65.9 Å². The molecule has 1 amide bonds. The molecule has 4 N–H and O–H groups in total. The zero-order valence-corrected chi connectivity index (χ0v) is 18.6. The highest BCUT2D eigenvalue weighted by Crippen LogP contribution is 2.19. The molecule has 0 spiro atoms. The van der Waals surface area contributed by atoms with Crippen molar-refractivity contribution in [2.75, 3.05) is 22.3 Å². The first-order valence-electron chi connectivity index (χ1n) is 9.99. The lowest BCUT2D eigenvalue weighted by molar-refractivity contribution is -0.113. The SMILES string of the molecule is C/C(=N\Nc1nnc(SCC(=O)Nc2ccc(C)cc2)n1N)c1ccc2ccccc2c1. The molecule has 0 fully saturated rings. The first-order valence-corrected chi connectivity index (χ1v) is 11.0. The van der Waals surface area contributed by atoms with E-state index in [4.69, 9.17) is 5.84 Å². The Morgan fingerprint density at radius 3 is 2.59 bits per heavy atom. The van der Waals surface area contributed by atoms with Crippen LogP contribution < -0.4 is 16.6 Å². The quantitative estimate of drug-likeness (QED) is 0.172. The molecule has 0 bridgehead atoms. The molecule has 0 saturated heterocycles. The van der Waals surface area contributed by atoms with Gasteiger partial charge in [-0.15, -0.1) is 10.2 Å². The Morgan fingerprint density at radius 2 is 1.81 bits per heavy atom. The third-order valence-corrected chi connectivity index (χ3v) is 5.77. The molecular formula is C23H23N7OS. The first-order chi connectivity index (χ1) is 15.5. The van der Waals surface area contributed by atoms with E-state index in [1.807, 2.05) is 56.3 Å². The number of fused-ring (bicyclic) bond motifs is 1. The Morgan fingerprint density at radius 1 is 1.06 bits per heavy atom. The molecule has 1 aromatic heterocycles. The minimum absolute atomic E-state index is 0.151. The molecule has 4 aromatic rings. The molecule has 0 aliphatic rings. The van der Waals surface area contributed by atoms with Crippen LogP contribution in [-0.4, -0.2) is 32.2 Å². The number of nitrogens with zero attached hydrogens (tertiary/aromatic N) is 4. The summed E-state index contributed by atoms with van der Waals surface area (Å²) in [6.45, 7) is 3.90. The summed E-state index contributed by atoms with van der Waals surface area (Å²) in [6.07, 6.45) is 0. The molecule has 0 unspecified atom stereocenters. The van der Waals surface area contributed by atoms with Crippen LogP contribution in [0.1, 0.15) is 18.1 Å². The third-order valence-electron chi connectivity index (χ3n) is 4.82. The van der Waals surface area contributed by atoms with Crippen LogP contribution in [0.4, 0.5) is 11.6 Å². The van der Waals surface area contributed by atoms with Gasteiger partial charge in [-0.05, 0) is 48.4 Å². The predicted molar refractivity (Wildman–Crippen MR) is 130 cm³/mol. The minimum Gasteiger partial charge on any atom is -0.334 e. The van der Waals surface area contributed by atoms with Crippen molar-refractivity contribution in [3.8, 4) is 0 Å². The van der Waals surface area contributed by atoms with Crippen molar-refractivity contribution < 1.29 is 4.79 Å². The maximum Gasteiger partial charge on any atom is 0.264 e. The number of aromatic nitrogens is 3. The van der Waals surface area contributed by atoms with Crippen molar-refractivity contribution in [3.05, 3.63) is 77.9 Å². The molecule has 0 aliphatic heterocycles. The number of rotatable bonds is 7. The van der Waals surface area contributed by atoms with Gasteiger partial charge in [-0.2, -0.15) is 5.10 Å². The van der Waals surface area contributed by atoms with E-state index >= 15 is 0 Å². The zero-order chi connectivity index (χ0) is 22.5. The van der Waals surface area contributed by atoms with Gasteiger partial charge < -0.3 is 11.2 Å². The Kier molecular flexibility index (Phi) is 6.37. The average Bonchev–Trinajstić information content (AvgIpc) is 3.16. The Labute approximate surface area is 189 Å². The van der Waals surface area contributed by atoms with E-state index in [0.717, 1.165) is 27.9 Å². The van der Waals surface area contributed by atoms with Gasteiger partial charge in [0.1, 0.15) is 0 Å². The van der Waals surface area contributed by atoms with E-state index in [1.165, 1.54) is 21.8 Å². The van der Waals surface area contributed by atoms with Crippen molar-refractivity contribution in [1.82, 2.24) is 14.9 Å². The fraction of sp³-hybridized carbons (Fsp3) is 0.130. The number of carbonyl (C=O) groups is 1. The summed E-state index contributed by atoms with van der Waals surface area (Å²) in [5.41, 5.74) is 6.50. The number of hydrogen-bond donors (Lipinski definition) is 3. The van der Waals surface area contributed by atoms with Crippen molar-refractivity contribution in [3.63, 3.8) is 0 Å². The van der Waals surface area contributed by atoms with Crippen LogP contribution in [0.3, 0.4) is 0 Å². The lowest BCUT2D eigenvalue weighted by Gasteiger charge is -2.06. The Balaban J connectivity index is 1.36. The number of aryl methyl sites for hydroxylation is 1. The molecule has 0 aliphatic carbocycles. The molecule has 0 atom stereocenters. The topological polar surface area (TPSA) is 110 Å². The summed E-state index contributed by atoms with van der Waals surface area (Å²) in [5.74, 6) is 6.35. The van der Waals surface area contributed by atoms with Gasteiger partial charge in [-0.3, -0.25) is 4.79 Å². The fourth-order valence-corrected chi connectivity index (χ4v) is 3.69. The van der Waals surface area contributed by atoms with Crippen LogP contribution in [0, 0.1) is 6.92 Å². The number of nitrogens with one attached hydrogen (secondary N) is 2. The summed E-state index contributed by atoms with van der Waals surface area (Å²) in [7, 11) is 0. The number of nitrogens with two attached hydrogens (primary N) is 1. The predicted octanol–water partition coefficient (Wildman–Crippen LogP) is 4.02. The number of thioether (sulfide) groups is 1. The van der Waals surface area contributed by atoms with E-state index in [2.05, 4.69) is 50.3 Å². The Hall–Kier alpha value is -3.85. The summed E-state index contributed by atoms with van der Waals surface area (Å²) < 4.78 is 1.28. The molecule has 1 heterocycles. The number of benzene rings is 3. The highest BCUT2D eigenvalue weighted by molar-refractivity contribution is 7.99. The number of anilines is 2. The first kappa shape index (κ1) is 21.4. The second-order valence-corrected chi connectivity index (χ2v) is 8.19. The van der Waals surface area contributed by atoms with Gasteiger partial charge in [-0.25, -0.2) is 10.1 Å². The van der Waals surface area contributed by atoms with Gasteiger partial charge in [0.15, 0.2) is 0 Å². The van der Waals surface area contributed by atoms with E-state index in [-0.39, 0.29) is 17.6 Å². The van der Waals surface area contributed by atoms with Crippen LogP contribution in [0.15, 0.2) is 77.0 Å². The molecule has 0 saturated carbocycles.